The average Bonchev–Trinajstić information content (AvgIpc) is 3.62. The van der Waals surface area contributed by atoms with Crippen LogP contribution in [0.15, 0.2) is 161 Å². The van der Waals surface area contributed by atoms with Gasteiger partial charge < -0.3 is 0 Å². The van der Waals surface area contributed by atoms with E-state index in [1.165, 1.54) is 4.52 Å². The van der Waals surface area contributed by atoms with Crippen molar-refractivity contribution in [2.75, 3.05) is 0 Å². The minimum Gasteiger partial charge on any atom is -0.267 e. The van der Waals surface area contributed by atoms with Gasteiger partial charge in [0.15, 0.2) is 17.5 Å². The summed E-state index contributed by atoms with van der Waals surface area (Å²) in [6, 6.07) is 48.9. The Bertz CT molecular complexity index is 2690. The van der Waals surface area contributed by atoms with Crippen molar-refractivity contribution in [1.82, 2.24) is 24.0 Å². The van der Waals surface area contributed by atoms with Crippen molar-refractivity contribution in [3.63, 3.8) is 0 Å². The molecule has 0 N–H and O–H groups in total. The molecule has 0 unspecified atom stereocenters. The number of aromatic nitrogens is 5. The lowest BCUT2D eigenvalue weighted by atomic mass is 9.99. The zero-order valence-electron chi connectivity index (χ0n) is 25.5. The molecule has 0 aliphatic carbocycles. The second kappa shape index (κ2) is 11.0. The van der Waals surface area contributed by atoms with Crippen LogP contribution in [0.2, 0.25) is 0 Å². The van der Waals surface area contributed by atoms with Gasteiger partial charge in [-0.15, -0.1) is 0 Å². The van der Waals surface area contributed by atoms with Crippen LogP contribution in [0.25, 0.3) is 78.2 Å². The summed E-state index contributed by atoms with van der Waals surface area (Å²) in [5.74, 6) is 1.47. The lowest BCUT2D eigenvalue weighted by molar-refractivity contribution is 0.841. The van der Waals surface area contributed by atoms with Crippen LogP contribution in [0.1, 0.15) is 0 Å². The fourth-order valence-electron chi connectivity index (χ4n) is 6.46. The van der Waals surface area contributed by atoms with Crippen LogP contribution in [-0.4, -0.2) is 24.0 Å². The van der Waals surface area contributed by atoms with Crippen molar-refractivity contribution < 1.29 is 0 Å². The first-order valence-corrected chi connectivity index (χ1v) is 15.6. The maximum Gasteiger partial charge on any atom is 0.282 e. The van der Waals surface area contributed by atoms with Gasteiger partial charge in [0.2, 0.25) is 0 Å². The average molecular weight is 620 g/mol. The Labute approximate surface area is 274 Å². The fourth-order valence-corrected chi connectivity index (χ4v) is 6.46. The highest BCUT2D eigenvalue weighted by Gasteiger charge is 2.23. The molecule has 6 aromatic carbocycles. The van der Waals surface area contributed by atoms with Crippen LogP contribution in [0.4, 0.5) is 0 Å². The van der Waals surface area contributed by atoms with Gasteiger partial charge >= 0.3 is 0 Å². The van der Waals surface area contributed by atoms with Crippen LogP contribution < -0.4 is 11.1 Å². The van der Waals surface area contributed by atoms with Gasteiger partial charge in [-0.05, 0) is 41.0 Å². The molecule has 0 bridgehead atoms. The lowest BCUT2D eigenvalue weighted by Gasteiger charge is -2.11. The van der Waals surface area contributed by atoms with Gasteiger partial charge in [0.25, 0.3) is 11.1 Å². The van der Waals surface area contributed by atoms with Gasteiger partial charge in [0.05, 0.1) is 21.8 Å². The molecule has 0 saturated carbocycles. The van der Waals surface area contributed by atoms with E-state index in [2.05, 4.69) is 0 Å². The van der Waals surface area contributed by atoms with Crippen molar-refractivity contribution in [3.8, 4) is 56.4 Å². The molecule has 3 heterocycles. The predicted octanol–water partition coefficient (Wildman–Crippen LogP) is 8.02. The highest BCUT2D eigenvalue weighted by atomic mass is 16.2. The number of benzene rings is 6. The predicted molar refractivity (Wildman–Crippen MR) is 190 cm³/mol. The summed E-state index contributed by atoms with van der Waals surface area (Å²) in [5.41, 5.74) is 6.49. The molecule has 48 heavy (non-hydrogen) atoms. The summed E-state index contributed by atoms with van der Waals surface area (Å²) < 4.78 is 3.01. The second-order valence-electron chi connectivity index (χ2n) is 11.7. The Kier molecular flexibility index (Phi) is 6.30. The van der Waals surface area contributed by atoms with Gasteiger partial charge in [0, 0.05) is 22.3 Å². The quantitative estimate of drug-likeness (QED) is 0.195. The molecule has 0 atom stereocenters. The molecule has 0 saturated heterocycles. The lowest BCUT2D eigenvalue weighted by Crippen LogP contribution is -2.21. The van der Waals surface area contributed by atoms with E-state index in [9.17, 15) is 9.59 Å². The van der Waals surface area contributed by atoms with E-state index in [4.69, 9.17) is 15.0 Å². The number of fused-ring (bicyclic) bond motifs is 5. The van der Waals surface area contributed by atoms with Crippen molar-refractivity contribution in [2.24, 2.45) is 0 Å². The van der Waals surface area contributed by atoms with Gasteiger partial charge in [-0.1, -0.05) is 127 Å². The molecular formula is C41H25N5O2. The van der Waals surface area contributed by atoms with E-state index in [-0.39, 0.29) is 5.56 Å². The zero-order chi connectivity index (χ0) is 32.2. The summed E-state index contributed by atoms with van der Waals surface area (Å²) >= 11 is 0. The summed E-state index contributed by atoms with van der Waals surface area (Å²) in [7, 11) is 0. The van der Waals surface area contributed by atoms with E-state index >= 15 is 0 Å². The normalized spacial score (nSPS) is 11.5. The van der Waals surface area contributed by atoms with Crippen molar-refractivity contribution >= 4 is 21.8 Å². The molecule has 0 spiro atoms. The number of nitrogens with zero attached hydrogens (tertiary/aromatic N) is 5. The van der Waals surface area contributed by atoms with Crippen LogP contribution in [0, 0.1) is 0 Å². The van der Waals surface area contributed by atoms with Gasteiger partial charge in [-0.2, -0.15) is 4.52 Å². The second-order valence-corrected chi connectivity index (χ2v) is 11.7. The van der Waals surface area contributed by atoms with E-state index < -0.39 is 5.56 Å². The third kappa shape index (κ3) is 4.40. The Morgan fingerprint density at radius 3 is 1.40 bits per heavy atom. The van der Waals surface area contributed by atoms with Crippen LogP contribution in [-0.2, 0) is 0 Å². The molecule has 0 amide bonds. The van der Waals surface area contributed by atoms with E-state index in [1.54, 1.807) is 10.6 Å². The molecule has 9 aromatic rings. The topological polar surface area (TPSA) is 81.6 Å². The Morgan fingerprint density at radius 2 is 0.833 bits per heavy atom. The molecule has 3 aromatic heterocycles. The van der Waals surface area contributed by atoms with Gasteiger partial charge in [-0.25, -0.2) is 19.5 Å². The van der Waals surface area contributed by atoms with Gasteiger partial charge in [0.1, 0.15) is 0 Å². The summed E-state index contributed by atoms with van der Waals surface area (Å²) in [6.45, 7) is 0. The maximum absolute atomic E-state index is 14.3. The Hall–Kier alpha value is -6.73. The SMILES string of the molecule is O=c1c2cc(-c3ccccc3)ccc2n2c3c(-c4ccccc4)cc(-c4nc(-c5ccccc5)nc(-c5ccccc5)n4)cc3c(=O)n12. The van der Waals surface area contributed by atoms with E-state index in [0.717, 1.165) is 33.4 Å². The number of hydrogen-bond acceptors (Lipinski definition) is 5. The monoisotopic (exact) mass is 619 g/mol. The molecule has 0 fully saturated rings. The maximum atomic E-state index is 14.3. The van der Waals surface area contributed by atoms with E-state index in [0.29, 0.717) is 44.8 Å². The molecule has 0 aliphatic rings. The molecule has 0 radical (unpaired) electrons. The third-order valence-electron chi connectivity index (χ3n) is 8.74. The minimum absolute atomic E-state index is 0.359. The van der Waals surface area contributed by atoms with Crippen molar-refractivity contribution in [1.29, 1.82) is 0 Å². The summed E-state index contributed by atoms with van der Waals surface area (Å²) in [4.78, 5) is 42.9. The first-order chi connectivity index (χ1) is 23.6. The molecule has 0 aliphatic heterocycles. The highest BCUT2D eigenvalue weighted by Crippen LogP contribution is 2.35. The molecular weight excluding hydrogens is 594 g/mol. The third-order valence-corrected chi connectivity index (χ3v) is 8.74. The fraction of sp³-hybridized carbons (Fsp3) is 0. The first kappa shape index (κ1) is 27.6. The smallest absolute Gasteiger partial charge is 0.267 e. The minimum atomic E-state index is -0.396. The Morgan fingerprint density at radius 1 is 0.375 bits per heavy atom. The summed E-state index contributed by atoms with van der Waals surface area (Å²) in [6.07, 6.45) is 0. The Balaban J connectivity index is 1.34. The zero-order valence-corrected chi connectivity index (χ0v) is 25.5. The van der Waals surface area contributed by atoms with Crippen molar-refractivity contribution in [2.45, 2.75) is 0 Å². The molecule has 9 rings (SSSR count). The number of hydrogen-bond donors (Lipinski definition) is 0. The number of rotatable bonds is 5. The van der Waals surface area contributed by atoms with Crippen molar-refractivity contribution in [3.05, 3.63) is 172 Å². The first-order valence-electron chi connectivity index (χ1n) is 15.6. The van der Waals surface area contributed by atoms with Crippen LogP contribution in [0.5, 0.6) is 0 Å². The van der Waals surface area contributed by atoms with Crippen LogP contribution >= 0.6 is 0 Å². The van der Waals surface area contributed by atoms with E-state index in [1.807, 2.05) is 146 Å². The largest absolute Gasteiger partial charge is 0.282 e. The molecule has 226 valence electrons. The molecule has 7 nitrogen and oxygen atoms in total. The highest BCUT2D eigenvalue weighted by molar-refractivity contribution is 6.00. The standard InChI is InChI=1S/C41H25N5O2/c47-40-33-23-30(26-13-5-1-6-14-26)21-22-35(33)45-36-32(27-15-7-2-8-16-27)24-31(25-34(36)41(48)46(40)45)39-43-37(28-17-9-3-10-18-28)42-38(44-39)29-19-11-4-12-20-29/h1-25H. The van der Waals surface area contributed by atoms with Gasteiger partial charge in [-0.3, -0.25) is 9.59 Å². The van der Waals surface area contributed by atoms with Crippen LogP contribution in [0.3, 0.4) is 0 Å². The summed E-state index contributed by atoms with van der Waals surface area (Å²) in [5, 5.41) is 0.885. The molecule has 7 heteroatoms.